The average molecular weight is 220 g/mol. The molecule has 0 aromatic heterocycles. The Morgan fingerprint density at radius 1 is 1.13 bits per heavy atom. The summed E-state index contributed by atoms with van der Waals surface area (Å²) in [4.78, 5) is 0. The van der Waals surface area contributed by atoms with E-state index in [4.69, 9.17) is 28.8 Å². The minimum absolute atomic E-state index is 0.126. The van der Waals surface area contributed by atoms with Crippen molar-refractivity contribution in [3.63, 3.8) is 0 Å². The van der Waals surface area contributed by atoms with Gasteiger partial charge in [0.15, 0.2) is 6.29 Å². The third-order valence-electron chi connectivity index (χ3n) is 2.54. The van der Waals surface area contributed by atoms with Gasteiger partial charge in [0.2, 0.25) is 0 Å². The van der Waals surface area contributed by atoms with Crippen molar-refractivity contribution in [3.8, 4) is 0 Å². The van der Waals surface area contributed by atoms with Crippen LogP contribution in [0.1, 0.15) is 0 Å². The van der Waals surface area contributed by atoms with E-state index >= 15 is 0 Å². The van der Waals surface area contributed by atoms with Crippen molar-refractivity contribution in [3.05, 3.63) is 0 Å². The normalized spacial score (nSPS) is 42.0. The van der Waals surface area contributed by atoms with Crippen LogP contribution in [0, 0.1) is 5.41 Å². The fraction of sp³-hybridized carbons (Fsp3) is 1.00. The number of rotatable bonds is 2. The Bertz CT molecular complexity index is 167. The second kappa shape index (κ2) is 4.73. The first-order valence-corrected chi connectivity index (χ1v) is 4.88. The molecule has 88 valence electrons. The number of hydrogen-bond donors (Lipinski definition) is 1. The molecule has 6 nitrogen and oxygen atoms in total. The Balaban J connectivity index is 1.83. The van der Waals surface area contributed by atoms with Crippen LogP contribution in [-0.2, 0) is 23.7 Å². The van der Waals surface area contributed by atoms with E-state index in [9.17, 15) is 0 Å². The maximum Gasteiger partial charge on any atom is 0.271 e. The molecule has 1 N–H and O–H groups in total. The highest BCUT2D eigenvalue weighted by molar-refractivity contribution is 4.83. The first kappa shape index (κ1) is 11.3. The van der Waals surface area contributed by atoms with Gasteiger partial charge in [0.25, 0.3) is 6.48 Å². The van der Waals surface area contributed by atoms with Gasteiger partial charge in [-0.15, -0.1) is 0 Å². The third-order valence-corrected chi connectivity index (χ3v) is 2.54. The molecule has 0 bridgehead atoms. The molecule has 6 heteroatoms. The van der Waals surface area contributed by atoms with Gasteiger partial charge in [-0.25, -0.2) is 0 Å². The Kier molecular flexibility index (Phi) is 3.55. The van der Waals surface area contributed by atoms with E-state index in [-0.39, 0.29) is 12.0 Å². The molecule has 0 aromatic rings. The number of aliphatic hydroxyl groups excluding tert-OH is 1. The highest BCUT2D eigenvalue weighted by atomic mass is 16.8. The zero-order valence-electron chi connectivity index (χ0n) is 8.68. The molecular formula is C9H16O6. The predicted molar refractivity (Wildman–Crippen MR) is 47.9 cm³/mol. The van der Waals surface area contributed by atoms with Crippen molar-refractivity contribution >= 4 is 0 Å². The van der Waals surface area contributed by atoms with Gasteiger partial charge in [0.1, 0.15) is 0 Å². The van der Waals surface area contributed by atoms with Crippen LogP contribution >= 0.6 is 0 Å². The summed E-state index contributed by atoms with van der Waals surface area (Å²) in [7, 11) is 1.53. The fourth-order valence-corrected chi connectivity index (χ4v) is 1.62. The average Bonchev–Trinajstić information content (AvgIpc) is 2.31. The summed E-state index contributed by atoms with van der Waals surface area (Å²) in [6.07, 6.45) is -0.518. The van der Waals surface area contributed by atoms with Crippen LogP contribution in [0.2, 0.25) is 0 Å². The SMILES string of the molecule is COC1OCC2(COC(CO)OC2)CO1. The topological polar surface area (TPSA) is 66.4 Å². The van der Waals surface area contributed by atoms with E-state index in [1.807, 2.05) is 0 Å². The summed E-state index contributed by atoms with van der Waals surface area (Å²) in [6, 6.07) is 0. The van der Waals surface area contributed by atoms with Crippen molar-refractivity contribution in [2.75, 3.05) is 40.1 Å². The predicted octanol–water partition coefficient (Wildman–Crippen LogP) is -0.685. The lowest BCUT2D eigenvalue weighted by atomic mass is 9.91. The molecule has 2 aliphatic heterocycles. The quantitative estimate of drug-likeness (QED) is 0.664. The highest BCUT2D eigenvalue weighted by Gasteiger charge is 2.41. The summed E-state index contributed by atoms with van der Waals surface area (Å²) < 4.78 is 26.2. The second-order valence-electron chi connectivity index (χ2n) is 3.88. The minimum atomic E-state index is -0.591. The van der Waals surface area contributed by atoms with Gasteiger partial charge in [-0.05, 0) is 0 Å². The molecule has 2 aliphatic rings. The van der Waals surface area contributed by atoms with Crippen LogP contribution < -0.4 is 0 Å². The molecule has 2 rings (SSSR count). The van der Waals surface area contributed by atoms with Crippen molar-refractivity contribution in [1.82, 2.24) is 0 Å². The van der Waals surface area contributed by atoms with Crippen LogP contribution in [-0.4, -0.2) is 58.0 Å². The molecule has 2 saturated heterocycles. The summed E-state index contributed by atoms with van der Waals surface area (Å²) in [5.41, 5.74) is -0.263. The highest BCUT2D eigenvalue weighted by Crippen LogP contribution is 2.29. The summed E-state index contributed by atoms with van der Waals surface area (Å²) in [5, 5.41) is 8.83. The lowest BCUT2D eigenvalue weighted by Gasteiger charge is -2.42. The summed E-state index contributed by atoms with van der Waals surface area (Å²) in [5.74, 6) is 0. The van der Waals surface area contributed by atoms with Crippen molar-refractivity contribution in [1.29, 1.82) is 0 Å². The number of aliphatic hydroxyl groups is 1. The van der Waals surface area contributed by atoms with Gasteiger partial charge in [0.05, 0.1) is 38.4 Å². The molecule has 0 saturated carbocycles. The molecule has 2 heterocycles. The molecule has 0 radical (unpaired) electrons. The Morgan fingerprint density at radius 3 is 2.13 bits per heavy atom. The van der Waals surface area contributed by atoms with Gasteiger partial charge in [-0.3, -0.25) is 0 Å². The second-order valence-corrected chi connectivity index (χ2v) is 3.88. The van der Waals surface area contributed by atoms with E-state index in [0.29, 0.717) is 26.4 Å². The zero-order valence-corrected chi connectivity index (χ0v) is 8.68. The van der Waals surface area contributed by atoms with Gasteiger partial charge < -0.3 is 28.8 Å². The number of ether oxygens (including phenoxy) is 5. The Hall–Kier alpha value is -0.240. The largest absolute Gasteiger partial charge is 0.391 e. The summed E-state index contributed by atoms with van der Waals surface area (Å²) in [6.45, 7) is 1.17. The molecule has 0 amide bonds. The molecular weight excluding hydrogens is 204 g/mol. The molecule has 0 aromatic carbocycles. The first-order chi connectivity index (χ1) is 7.28. The number of hydrogen-bond acceptors (Lipinski definition) is 6. The molecule has 1 spiro atoms. The standard InChI is InChI=1S/C9H16O6/c1-11-8-14-5-9(6-15-8)3-12-7(2-10)13-4-9/h7-8,10H,2-6H2,1H3. The van der Waals surface area contributed by atoms with E-state index in [1.54, 1.807) is 0 Å². The van der Waals surface area contributed by atoms with Gasteiger partial charge in [-0.2, -0.15) is 0 Å². The van der Waals surface area contributed by atoms with Crippen LogP contribution in [0.5, 0.6) is 0 Å². The van der Waals surface area contributed by atoms with Crippen LogP contribution in [0.3, 0.4) is 0 Å². The Labute approximate surface area is 88.0 Å². The maximum atomic E-state index is 8.83. The zero-order chi connectivity index (χ0) is 10.7. The smallest absolute Gasteiger partial charge is 0.271 e. The Morgan fingerprint density at radius 2 is 1.67 bits per heavy atom. The minimum Gasteiger partial charge on any atom is -0.391 e. The number of methoxy groups -OCH3 is 1. The van der Waals surface area contributed by atoms with Crippen LogP contribution in [0.15, 0.2) is 0 Å². The molecule has 15 heavy (non-hydrogen) atoms. The van der Waals surface area contributed by atoms with Crippen molar-refractivity contribution < 1.29 is 28.8 Å². The molecule has 2 fully saturated rings. The van der Waals surface area contributed by atoms with Crippen LogP contribution in [0.4, 0.5) is 0 Å². The van der Waals surface area contributed by atoms with Gasteiger partial charge in [0, 0.05) is 7.11 Å². The monoisotopic (exact) mass is 220 g/mol. The van der Waals surface area contributed by atoms with E-state index in [2.05, 4.69) is 0 Å². The first-order valence-electron chi connectivity index (χ1n) is 4.88. The third kappa shape index (κ3) is 2.47. The summed E-state index contributed by atoms with van der Waals surface area (Å²) >= 11 is 0. The molecule has 0 unspecified atom stereocenters. The van der Waals surface area contributed by atoms with Crippen LogP contribution in [0.25, 0.3) is 0 Å². The fourth-order valence-electron chi connectivity index (χ4n) is 1.62. The van der Waals surface area contributed by atoms with E-state index in [0.717, 1.165) is 0 Å². The van der Waals surface area contributed by atoms with E-state index in [1.165, 1.54) is 7.11 Å². The maximum absolute atomic E-state index is 8.83. The van der Waals surface area contributed by atoms with Crippen molar-refractivity contribution in [2.24, 2.45) is 5.41 Å². The lowest BCUT2D eigenvalue weighted by molar-refractivity contribution is -0.359. The van der Waals surface area contributed by atoms with E-state index < -0.39 is 12.8 Å². The lowest BCUT2D eigenvalue weighted by Crippen LogP contribution is -2.53. The van der Waals surface area contributed by atoms with Crippen molar-refractivity contribution in [2.45, 2.75) is 12.8 Å². The molecule has 0 atom stereocenters. The van der Waals surface area contributed by atoms with Gasteiger partial charge in [-0.1, -0.05) is 0 Å². The van der Waals surface area contributed by atoms with Gasteiger partial charge >= 0.3 is 0 Å². The molecule has 0 aliphatic carbocycles.